The third kappa shape index (κ3) is 2.70. The van der Waals surface area contributed by atoms with E-state index in [0.717, 1.165) is 31.5 Å². The molecule has 1 aromatic rings. The smallest absolute Gasteiger partial charge is 0.0921 e. The first-order valence-electron chi connectivity index (χ1n) is 6.55. The molecule has 0 spiro atoms. The molecule has 0 aromatic heterocycles. The Kier molecular flexibility index (Phi) is 3.55. The van der Waals surface area contributed by atoms with Crippen molar-refractivity contribution in [2.24, 2.45) is 0 Å². The maximum absolute atomic E-state index is 10.7. The molecule has 1 saturated heterocycles. The number of hydrogen-bond acceptors (Lipinski definition) is 2. The fraction of sp³-hybridized carbons (Fsp3) is 0.600. The molecular weight excluding hydrogens is 210 g/mol. The lowest BCUT2D eigenvalue weighted by Gasteiger charge is -2.40. The van der Waals surface area contributed by atoms with Gasteiger partial charge in [0.2, 0.25) is 0 Å². The largest absolute Gasteiger partial charge is 0.385 e. The minimum absolute atomic E-state index is 0.581. The van der Waals surface area contributed by atoms with E-state index in [-0.39, 0.29) is 0 Å². The Morgan fingerprint density at radius 3 is 2.41 bits per heavy atom. The summed E-state index contributed by atoms with van der Waals surface area (Å²) in [7, 11) is 0. The van der Waals surface area contributed by atoms with Crippen molar-refractivity contribution >= 4 is 0 Å². The van der Waals surface area contributed by atoms with Crippen LogP contribution in [0.1, 0.15) is 37.8 Å². The quantitative estimate of drug-likeness (QED) is 0.849. The lowest BCUT2D eigenvalue weighted by molar-refractivity contribution is -0.0324. The summed E-state index contributed by atoms with van der Waals surface area (Å²) in [6.45, 7) is 8.49. The van der Waals surface area contributed by atoms with Crippen LogP contribution < -0.4 is 0 Å². The number of hydrogen-bond donors (Lipinski definition) is 1. The molecular formula is C15H23NO. The molecule has 0 saturated carbocycles. The maximum atomic E-state index is 10.7. The van der Waals surface area contributed by atoms with Gasteiger partial charge in [0.05, 0.1) is 5.60 Å². The highest BCUT2D eigenvalue weighted by atomic mass is 16.3. The lowest BCUT2D eigenvalue weighted by atomic mass is 9.83. The predicted octanol–water partition coefficient (Wildman–Crippen LogP) is 2.69. The van der Waals surface area contributed by atoms with Crippen molar-refractivity contribution in [2.75, 3.05) is 13.1 Å². The molecule has 1 aliphatic heterocycles. The molecule has 2 rings (SSSR count). The first-order valence-corrected chi connectivity index (χ1v) is 6.55. The Hall–Kier alpha value is -0.860. The van der Waals surface area contributed by atoms with Gasteiger partial charge in [0.15, 0.2) is 0 Å². The summed E-state index contributed by atoms with van der Waals surface area (Å²) in [4.78, 5) is 2.43. The number of likely N-dealkylation sites (tertiary alicyclic amines) is 1. The van der Waals surface area contributed by atoms with Crippen molar-refractivity contribution in [2.45, 2.75) is 45.3 Å². The zero-order valence-electron chi connectivity index (χ0n) is 11.1. The molecule has 2 nitrogen and oxygen atoms in total. The number of nitrogens with zero attached hydrogens (tertiary/aromatic N) is 1. The van der Waals surface area contributed by atoms with Crippen LogP contribution in [0.3, 0.4) is 0 Å². The van der Waals surface area contributed by atoms with Gasteiger partial charge in [-0.05, 0) is 39.2 Å². The van der Waals surface area contributed by atoms with E-state index in [1.807, 2.05) is 6.07 Å². The van der Waals surface area contributed by atoms with Gasteiger partial charge in [-0.1, -0.05) is 29.8 Å². The van der Waals surface area contributed by atoms with Crippen LogP contribution >= 0.6 is 0 Å². The van der Waals surface area contributed by atoms with E-state index in [0.29, 0.717) is 6.04 Å². The van der Waals surface area contributed by atoms with Crippen LogP contribution in [0.25, 0.3) is 0 Å². The van der Waals surface area contributed by atoms with E-state index in [1.165, 1.54) is 5.56 Å². The third-order valence-electron chi connectivity index (χ3n) is 3.91. The number of piperidine rings is 1. The second-order valence-electron chi connectivity index (χ2n) is 5.53. The normalized spacial score (nSPS) is 20.8. The Morgan fingerprint density at radius 2 is 1.88 bits per heavy atom. The number of benzene rings is 1. The van der Waals surface area contributed by atoms with E-state index < -0.39 is 5.60 Å². The Labute approximate surface area is 104 Å². The van der Waals surface area contributed by atoms with Gasteiger partial charge in [-0.3, -0.25) is 0 Å². The highest BCUT2D eigenvalue weighted by molar-refractivity contribution is 5.28. The van der Waals surface area contributed by atoms with Gasteiger partial charge in [0, 0.05) is 19.1 Å². The predicted molar refractivity (Wildman–Crippen MR) is 71.0 cm³/mol. The molecule has 2 heteroatoms. The summed E-state index contributed by atoms with van der Waals surface area (Å²) < 4.78 is 0. The molecule has 1 fully saturated rings. The maximum Gasteiger partial charge on any atom is 0.0921 e. The topological polar surface area (TPSA) is 23.5 Å². The highest BCUT2D eigenvalue weighted by Crippen LogP contribution is 2.33. The van der Waals surface area contributed by atoms with Crippen LogP contribution in [0.15, 0.2) is 24.3 Å². The first-order chi connectivity index (χ1) is 8.01. The molecule has 17 heavy (non-hydrogen) atoms. The summed E-state index contributed by atoms with van der Waals surface area (Å²) in [5.74, 6) is 0. The molecule has 1 aromatic carbocycles. The molecule has 1 N–H and O–H groups in total. The van der Waals surface area contributed by atoms with Gasteiger partial charge in [0.25, 0.3) is 0 Å². The monoisotopic (exact) mass is 233 g/mol. The summed E-state index contributed by atoms with van der Waals surface area (Å²) in [6.07, 6.45) is 1.68. The van der Waals surface area contributed by atoms with Crippen LogP contribution in [0.5, 0.6) is 0 Å². The summed E-state index contributed by atoms with van der Waals surface area (Å²) in [6, 6.07) is 8.87. The van der Waals surface area contributed by atoms with E-state index in [1.54, 1.807) is 0 Å². The van der Waals surface area contributed by atoms with Gasteiger partial charge in [-0.2, -0.15) is 0 Å². The van der Waals surface area contributed by atoms with Crippen molar-refractivity contribution in [1.29, 1.82) is 0 Å². The molecule has 0 unspecified atom stereocenters. The molecule has 0 bridgehead atoms. The first kappa shape index (κ1) is 12.6. The number of rotatable bonds is 2. The van der Waals surface area contributed by atoms with Gasteiger partial charge >= 0.3 is 0 Å². The molecule has 94 valence electrons. The van der Waals surface area contributed by atoms with E-state index >= 15 is 0 Å². The average molecular weight is 233 g/mol. The van der Waals surface area contributed by atoms with Crippen LogP contribution in [0.4, 0.5) is 0 Å². The van der Waals surface area contributed by atoms with Crippen LogP contribution in [0, 0.1) is 6.92 Å². The third-order valence-corrected chi connectivity index (χ3v) is 3.91. The van der Waals surface area contributed by atoms with E-state index in [2.05, 4.69) is 43.9 Å². The fourth-order valence-electron chi connectivity index (χ4n) is 2.63. The Bertz CT molecular complexity index is 378. The summed E-state index contributed by atoms with van der Waals surface area (Å²) in [5, 5.41) is 10.7. The van der Waals surface area contributed by atoms with Gasteiger partial charge in [0.1, 0.15) is 0 Å². The van der Waals surface area contributed by atoms with Crippen molar-refractivity contribution in [3.63, 3.8) is 0 Å². The molecule has 0 atom stereocenters. The van der Waals surface area contributed by atoms with E-state index in [9.17, 15) is 5.11 Å². The Balaban J connectivity index is 2.12. The van der Waals surface area contributed by atoms with Gasteiger partial charge < -0.3 is 10.0 Å². The summed E-state index contributed by atoms with van der Waals surface area (Å²) >= 11 is 0. The average Bonchev–Trinajstić information content (AvgIpc) is 2.29. The molecule has 0 amide bonds. The molecule has 0 aliphatic carbocycles. The number of aryl methyl sites for hydroxylation is 1. The van der Waals surface area contributed by atoms with E-state index in [4.69, 9.17) is 0 Å². The Morgan fingerprint density at radius 1 is 1.24 bits per heavy atom. The SMILES string of the molecule is Cc1cccc(C2(O)CCN(C(C)C)CC2)c1. The van der Waals surface area contributed by atoms with Crippen molar-refractivity contribution in [3.8, 4) is 0 Å². The van der Waals surface area contributed by atoms with Crippen LogP contribution in [0.2, 0.25) is 0 Å². The minimum atomic E-state index is -0.614. The van der Waals surface area contributed by atoms with Crippen molar-refractivity contribution in [1.82, 2.24) is 4.90 Å². The second-order valence-corrected chi connectivity index (χ2v) is 5.53. The highest BCUT2D eigenvalue weighted by Gasteiger charge is 2.34. The fourth-order valence-corrected chi connectivity index (χ4v) is 2.63. The van der Waals surface area contributed by atoms with Crippen LogP contribution in [-0.4, -0.2) is 29.1 Å². The summed E-state index contributed by atoms with van der Waals surface area (Å²) in [5.41, 5.74) is 1.69. The van der Waals surface area contributed by atoms with Gasteiger partial charge in [-0.15, -0.1) is 0 Å². The number of aliphatic hydroxyl groups is 1. The minimum Gasteiger partial charge on any atom is -0.385 e. The molecule has 1 aliphatic rings. The lowest BCUT2D eigenvalue weighted by Crippen LogP contribution is -2.45. The zero-order chi connectivity index (χ0) is 12.5. The second kappa shape index (κ2) is 4.79. The van der Waals surface area contributed by atoms with Gasteiger partial charge in [-0.25, -0.2) is 0 Å². The van der Waals surface area contributed by atoms with Crippen LogP contribution in [-0.2, 0) is 5.60 Å². The zero-order valence-corrected chi connectivity index (χ0v) is 11.1. The van der Waals surface area contributed by atoms with Crippen molar-refractivity contribution in [3.05, 3.63) is 35.4 Å². The molecule has 1 heterocycles. The standard InChI is InChI=1S/C15H23NO/c1-12(2)16-9-7-15(17,8-10-16)14-6-4-5-13(3)11-14/h4-6,11-12,17H,7-10H2,1-3H3. The van der Waals surface area contributed by atoms with Crippen molar-refractivity contribution < 1.29 is 5.11 Å². The molecule has 0 radical (unpaired) electrons.